The molecule has 42 heavy (non-hydrogen) atoms. The second kappa shape index (κ2) is 13.7. The summed E-state index contributed by atoms with van der Waals surface area (Å²) in [6, 6.07) is 21.1. The molecule has 0 saturated carbocycles. The van der Waals surface area contributed by atoms with Crippen molar-refractivity contribution in [3.63, 3.8) is 0 Å². The second-order valence-corrected chi connectivity index (χ2v) is 14.1. The molecule has 1 N–H and O–H groups in total. The highest BCUT2D eigenvalue weighted by atomic mass is 35.5. The van der Waals surface area contributed by atoms with Gasteiger partial charge in [-0.05, 0) is 69.0 Å². The van der Waals surface area contributed by atoms with Crippen molar-refractivity contribution in [1.82, 2.24) is 14.5 Å². The Kier molecular flexibility index (Phi) is 10.8. The molecule has 3 rings (SSSR count). The lowest BCUT2D eigenvalue weighted by Crippen LogP contribution is -2.56. The highest BCUT2D eigenvalue weighted by molar-refractivity contribution is 7.90. The maximum absolute atomic E-state index is 14.4. The number of carbonyl (C=O) groups is 2. The van der Waals surface area contributed by atoms with Crippen molar-refractivity contribution in [2.24, 2.45) is 0 Å². The topological polar surface area (TPSA) is 90.0 Å². The summed E-state index contributed by atoms with van der Waals surface area (Å²) in [5.41, 5.74) is 2.88. The van der Waals surface area contributed by atoms with Crippen LogP contribution in [0.5, 0.6) is 0 Å². The molecule has 0 heterocycles. The van der Waals surface area contributed by atoms with Gasteiger partial charge in [-0.3, -0.25) is 9.59 Å². The van der Waals surface area contributed by atoms with Crippen LogP contribution in [0.4, 0.5) is 5.69 Å². The van der Waals surface area contributed by atoms with Gasteiger partial charge in [-0.25, -0.2) is 4.31 Å². The predicted molar refractivity (Wildman–Crippen MR) is 170 cm³/mol. The van der Waals surface area contributed by atoms with Crippen LogP contribution in [0.1, 0.15) is 43.0 Å². The molecule has 10 heteroatoms. The highest BCUT2D eigenvalue weighted by Crippen LogP contribution is 2.27. The van der Waals surface area contributed by atoms with Gasteiger partial charge in [-0.1, -0.05) is 72.3 Å². The minimum Gasteiger partial charge on any atom is -0.350 e. The number of hydrogen-bond donors (Lipinski definition) is 1. The molecule has 8 nitrogen and oxygen atoms in total. The molecule has 3 aromatic rings. The second-order valence-electron chi connectivity index (χ2n) is 11.6. The molecule has 0 unspecified atom stereocenters. The van der Waals surface area contributed by atoms with E-state index in [4.69, 9.17) is 11.6 Å². The third kappa shape index (κ3) is 8.56. The lowest BCUT2D eigenvalue weighted by Gasteiger charge is -2.36. The van der Waals surface area contributed by atoms with E-state index in [9.17, 15) is 18.0 Å². The van der Waals surface area contributed by atoms with Crippen LogP contribution < -0.4 is 9.62 Å². The first-order valence-electron chi connectivity index (χ1n) is 13.8. The Morgan fingerprint density at radius 2 is 1.55 bits per heavy atom. The SMILES string of the molecule is Cc1ccc(C)c(N(CC(=O)N(Cc2ccccc2Cl)[C@@H](Cc2ccccc2)C(=O)NC(C)(C)C)S(=O)(=O)N(C)C)c1. The van der Waals surface area contributed by atoms with Gasteiger partial charge in [0.25, 0.3) is 0 Å². The number of aryl methyl sites for hydroxylation is 2. The van der Waals surface area contributed by atoms with E-state index in [0.29, 0.717) is 21.8 Å². The fourth-order valence-corrected chi connectivity index (χ4v) is 5.82. The van der Waals surface area contributed by atoms with Crippen LogP contribution in [-0.4, -0.2) is 61.7 Å². The third-order valence-corrected chi connectivity index (χ3v) is 8.89. The molecule has 0 saturated heterocycles. The van der Waals surface area contributed by atoms with Crippen molar-refractivity contribution < 1.29 is 18.0 Å². The van der Waals surface area contributed by atoms with Crippen molar-refractivity contribution >= 4 is 39.3 Å². The molecule has 0 radical (unpaired) electrons. The highest BCUT2D eigenvalue weighted by Gasteiger charge is 2.36. The maximum atomic E-state index is 14.4. The summed E-state index contributed by atoms with van der Waals surface area (Å²) in [6.45, 7) is 8.78. The molecule has 0 fully saturated rings. The molecule has 0 aliphatic carbocycles. The van der Waals surface area contributed by atoms with Crippen molar-refractivity contribution in [2.45, 2.75) is 59.2 Å². The minimum atomic E-state index is -4.08. The number of nitrogens with one attached hydrogen (secondary N) is 1. The van der Waals surface area contributed by atoms with E-state index in [1.165, 1.54) is 19.0 Å². The van der Waals surface area contributed by atoms with Gasteiger partial charge in [0.05, 0.1) is 5.69 Å². The van der Waals surface area contributed by atoms with Crippen molar-refractivity contribution in [3.8, 4) is 0 Å². The molecule has 0 aliphatic heterocycles. The number of benzene rings is 3. The molecule has 0 bridgehead atoms. The molecule has 1 atom stereocenters. The van der Waals surface area contributed by atoms with Gasteiger partial charge >= 0.3 is 10.2 Å². The Bertz CT molecular complexity index is 1500. The van der Waals surface area contributed by atoms with Gasteiger partial charge < -0.3 is 10.2 Å². The summed E-state index contributed by atoms with van der Waals surface area (Å²) >= 11 is 6.53. The molecule has 3 aromatic carbocycles. The zero-order valence-electron chi connectivity index (χ0n) is 25.4. The Hall–Kier alpha value is -3.40. The zero-order valence-corrected chi connectivity index (χ0v) is 27.0. The van der Waals surface area contributed by atoms with E-state index in [1.54, 1.807) is 31.2 Å². The number of rotatable bonds is 11. The molecular formula is C32H41ClN4O4S. The normalized spacial score (nSPS) is 12.6. The van der Waals surface area contributed by atoms with Crippen LogP contribution in [0.15, 0.2) is 72.8 Å². The summed E-state index contributed by atoms with van der Waals surface area (Å²) in [7, 11) is -1.23. The quantitative estimate of drug-likeness (QED) is 0.325. The van der Waals surface area contributed by atoms with E-state index in [1.807, 2.05) is 76.2 Å². The first-order valence-corrected chi connectivity index (χ1v) is 15.5. The Morgan fingerprint density at radius 3 is 2.14 bits per heavy atom. The van der Waals surface area contributed by atoms with Crippen molar-refractivity contribution in [3.05, 3.63) is 100 Å². The number of hydrogen-bond acceptors (Lipinski definition) is 4. The number of anilines is 1. The van der Waals surface area contributed by atoms with Crippen LogP contribution in [0.25, 0.3) is 0 Å². The summed E-state index contributed by atoms with van der Waals surface area (Å²) in [6.07, 6.45) is 0.225. The lowest BCUT2D eigenvalue weighted by molar-refractivity contribution is -0.140. The number of amides is 2. The lowest BCUT2D eigenvalue weighted by atomic mass is 10.0. The van der Waals surface area contributed by atoms with Gasteiger partial charge in [0.1, 0.15) is 12.6 Å². The fourth-order valence-electron chi connectivity index (χ4n) is 4.51. The van der Waals surface area contributed by atoms with Crippen LogP contribution in [-0.2, 0) is 32.8 Å². The molecule has 0 aromatic heterocycles. The standard InChI is InChI=1S/C32H41ClN4O4S/c1-23-17-18-24(2)28(19-23)37(42(40,41)35(6)7)22-30(38)36(21-26-15-11-12-16-27(26)33)29(31(39)34-32(3,4)5)20-25-13-9-8-10-14-25/h8-19,29H,20-22H2,1-7H3,(H,34,39)/t29-/m0/s1. The molecule has 2 amide bonds. The first-order chi connectivity index (χ1) is 19.6. The van der Waals surface area contributed by atoms with Crippen LogP contribution in [0.2, 0.25) is 5.02 Å². The van der Waals surface area contributed by atoms with E-state index in [0.717, 1.165) is 19.7 Å². The average molecular weight is 613 g/mol. The first kappa shape index (κ1) is 33.1. The number of halogens is 1. The van der Waals surface area contributed by atoms with Gasteiger partial charge in [-0.2, -0.15) is 12.7 Å². The number of carbonyl (C=O) groups excluding carboxylic acids is 2. The van der Waals surface area contributed by atoms with Crippen LogP contribution in [0.3, 0.4) is 0 Å². The smallest absolute Gasteiger partial charge is 0.304 e. The summed E-state index contributed by atoms with van der Waals surface area (Å²) in [5.74, 6) is -0.883. The average Bonchev–Trinajstić information content (AvgIpc) is 2.91. The largest absolute Gasteiger partial charge is 0.350 e. The Morgan fingerprint density at radius 1 is 0.929 bits per heavy atom. The minimum absolute atomic E-state index is 0.0101. The van der Waals surface area contributed by atoms with E-state index in [-0.39, 0.29) is 18.9 Å². The van der Waals surface area contributed by atoms with E-state index in [2.05, 4.69) is 5.32 Å². The van der Waals surface area contributed by atoms with Crippen LogP contribution >= 0.6 is 11.6 Å². The summed E-state index contributed by atoms with van der Waals surface area (Å²) in [5, 5.41) is 3.46. The van der Waals surface area contributed by atoms with Gasteiger partial charge in [0.2, 0.25) is 11.8 Å². The zero-order chi connectivity index (χ0) is 31.2. The fraction of sp³-hybridized carbons (Fsp3) is 0.375. The van der Waals surface area contributed by atoms with Crippen LogP contribution in [0, 0.1) is 13.8 Å². The molecule has 0 spiro atoms. The van der Waals surface area contributed by atoms with E-state index < -0.39 is 34.2 Å². The van der Waals surface area contributed by atoms with E-state index >= 15 is 0 Å². The summed E-state index contributed by atoms with van der Waals surface area (Å²) < 4.78 is 29.4. The summed E-state index contributed by atoms with van der Waals surface area (Å²) in [4.78, 5) is 29.7. The van der Waals surface area contributed by atoms with Crippen molar-refractivity contribution in [1.29, 1.82) is 0 Å². The monoisotopic (exact) mass is 612 g/mol. The molecule has 226 valence electrons. The van der Waals surface area contributed by atoms with Gasteiger partial charge in [0, 0.05) is 37.6 Å². The third-order valence-electron chi connectivity index (χ3n) is 6.72. The molecule has 0 aliphatic rings. The predicted octanol–water partition coefficient (Wildman–Crippen LogP) is 5.12. The van der Waals surface area contributed by atoms with Gasteiger partial charge in [0.15, 0.2) is 0 Å². The number of nitrogens with zero attached hydrogens (tertiary/aromatic N) is 3. The maximum Gasteiger partial charge on any atom is 0.304 e. The van der Waals surface area contributed by atoms with Crippen molar-refractivity contribution in [2.75, 3.05) is 24.9 Å². The Labute approximate surface area is 255 Å². The molecular weight excluding hydrogens is 572 g/mol. The Balaban J connectivity index is 2.16. The van der Waals surface area contributed by atoms with Gasteiger partial charge in [-0.15, -0.1) is 0 Å².